The molecule has 4 rings (SSSR count). The molecule has 1 heterocycles. The molecule has 0 aliphatic heterocycles. The predicted molar refractivity (Wildman–Crippen MR) is 127 cm³/mol. The van der Waals surface area contributed by atoms with Crippen molar-refractivity contribution in [2.45, 2.75) is 12.3 Å². The van der Waals surface area contributed by atoms with E-state index < -0.39 is 24.3 Å². The van der Waals surface area contributed by atoms with Gasteiger partial charge in [-0.05, 0) is 53.6 Å². The number of H-pyrrole nitrogens is 1. The van der Waals surface area contributed by atoms with Crippen molar-refractivity contribution in [2.24, 2.45) is 5.73 Å². The molecule has 3 aromatic carbocycles. The van der Waals surface area contributed by atoms with E-state index in [2.05, 4.69) is 9.97 Å². The van der Waals surface area contributed by atoms with Gasteiger partial charge >= 0.3 is 11.9 Å². The number of hydrogen-bond acceptors (Lipinski definition) is 6. The van der Waals surface area contributed by atoms with Gasteiger partial charge in [0.05, 0.1) is 40.6 Å². The first-order valence-corrected chi connectivity index (χ1v) is 10.3. The molecule has 0 fully saturated rings. The summed E-state index contributed by atoms with van der Waals surface area (Å²) in [4.78, 5) is 30.8. The van der Waals surface area contributed by atoms with Gasteiger partial charge in [-0.1, -0.05) is 12.1 Å². The lowest BCUT2D eigenvalue weighted by Crippen LogP contribution is -2.16. The van der Waals surface area contributed by atoms with Crippen LogP contribution in [0.25, 0.3) is 33.5 Å². The van der Waals surface area contributed by atoms with Gasteiger partial charge in [0.1, 0.15) is 17.4 Å². The van der Waals surface area contributed by atoms with E-state index >= 15 is 0 Å². The van der Waals surface area contributed by atoms with Crippen molar-refractivity contribution in [3.05, 3.63) is 71.3 Å². The second-order valence-corrected chi connectivity index (χ2v) is 7.88. The van der Waals surface area contributed by atoms with E-state index in [0.717, 1.165) is 0 Å². The number of benzene rings is 3. The summed E-state index contributed by atoms with van der Waals surface area (Å²) >= 11 is 0. The molecule has 0 amide bonds. The number of carboxylic acid groups (broad SMARTS) is 2. The van der Waals surface area contributed by atoms with Gasteiger partial charge in [-0.3, -0.25) is 15.0 Å². The summed E-state index contributed by atoms with van der Waals surface area (Å²) in [6, 6.07) is 16.1. The fourth-order valence-corrected chi connectivity index (χ4v) is 3.84. The number of hydrogen-bond donors (Lipinski definition) is 6. The third-order valence-electron chi connectivity index (χ3n) is 5.56. The van der Waals surface area contributed by atoms with Crippen LogP contribution < -0.4 is 5.73 Å². The molecule has 35 heavy (non-hydrogen) atoms. The first kappa shape index (κ1) is 23.0. The summed E-state index contributed by atoms with van der Waals surface area (Å²) in [5.74, 6) is -4.17. The zero-order valence-electron chi connectivity index (χ0n) is 18.1. The number of nitrogen functional groups attached to an aromatic ring is 1. The van der Waals surface area contributed by atoms with Gasteiger partial charge in [0.2, 0.25) is 0 Å². The maximum absolute atomic E-state index is 11.9. The van der Waals surface area contributed by atoms with Crippen LogP contribution >= 0.6 is 0 Å². The Hall–Kier alpha value is -5.17. The smallest absolute Gasteiger partial charge is 0.311 e. The number of aromatic nitrogens is 2. The van der Waals surface area contributed by atoms with Crippen LogP contribution in [-0.4, -0.2) is 43.1 Å². The van der Waals surface area contributed by atoms with Gasteiger partial charge in [-0.2, -0.15) is 5.26 Å². The Labute approximate surface area is 198 Å². The first-order valence-electron chi connectivity index (χ1n) is 10.3. The highest BCUT2D eigenvalue weighted by molar-refractivity contribution is 5.98. The number of carboxylic acids is 2. The van der Waals surface area contributed by atoms with Gasteiger partial charge in [-0.15, -0.1) is 0 Å². The Morgan fingerprint density at radius 1 is 1.11 bits per heavy atom. The number of carbonyl (C=O) groups is 2. The highest BCUT2D eigenvalue weighted by Crippen LogP contribution is 2.41. The van der Waals surface area contributed by atoms with Crippen LogP contribution in [0.3, 0.4) is 0 Å². The molecule has 10 heteroatoms. The number of phenolic OH excluding ortho intramolecular Hbond substituents is 1. The summed E-state index contributed by atoms with van der Waals surface area (Å²) in [5, 5.41) is 47.1. The third kappa shape index (κ3) is 4.51. The Morgan fingerprint density at radius 3 is 2.51 bits per heavy atom. The number of aromatic amines is 1. The minimum absolute atomic E-state index is 0.134. The number of nitriles is 1. The number of nitrogens with zero attached hydrogens (tertiary/aromatic N) is 2. The van der Waals surface area contributed by atoms with Crippen molar-refractivity contribution in [2.75, 3.05) is 0 Å². The van der Waals surface area contributed by atoms with Gasteiger partial charge < -0.3 is 26.0 Å². The van der Waals surface area contributed by atoms with E-state index in [1.165, 1.54) is 18.2 Å². The minimum Gasteiger partial charge on any atom is -0.507 e. The zero-order chi connectivity index (χ0) is 25.3. The fourth-order valence-electron chi connectivity index (χ4n) is 3.84. The number of nitrogens with one attached hydrogen (secondary N) is 2. The van der Waals surface area contributed by atoms with Crippen LogP contribution in [0.5, 0.6) is 5.75 Å². The molecule has 0 saturated heterocycles. The van der Waals surface area contributed by atoms with E-state index in [0.29, 0.717) is 27.7 Å². The van der Waals surface area contributed by atoms with Gasteiger partial charge in [0, 0.05) is 11.1 Å². The van der Waals surface area contributed by atoms with Crippen molar-refractivity contribution in [1.29, 1.82) is 10.7 Å². The molecule has 0 bridgehead atoms. The summed E-state index contributed by atoms with van der Waals surface area (Å²) < 4.78 is 0. The van der Waals surface area contributed by atoms with E-state index in [1.807, 2.05) is 6.07 Å². The topological polar surface area (TPSA) is 197 Å². The summed E-state index contributed by atoms with van der Waals surface area (Å²) in [6.07, 6.45) is -0.667. The monoisotopic (exact) mass is 469 g/mol. The molecule has 0 spiro atoms. The van der Waals surface area contributed by atoms with Crippen molar-refractivity contribution in [3.63, 3.8) is 0 Å². The first-order chi connectivity index (χ1) is 16.7. The molecule has 0 aliphatic carbocycles. The van der Waals surface area contributed by atoms with E-state index in [1.54, 1.807) is 36.4 Å². The third-order valence-corrected chi connectivity index (χ3v) is 5.56. The lowest BCUT2D eigenvalue weighted by Gasteiger charge is -2.16. The van der Waals surface area contributed by atoms with Crippen molar-refractivity contribution < 1.29 is 24.9 Å². The number of nitrogens with two attached hydrogens (primary N) is 1. The molecular weight excluding hydrogens is 450 g/mol. The van der Waals surface area contributed by atoms with Crippen LogP contribution in [0, 0.1) is 16.7 Å². The summed E-state index contributed by atoms with van der Waals surface area (Å²) in [7, 11) is 0. The molecule has 1 atom stereocenters. The van der Waals surface area contributed by atoms with Crippen molar-refractivity contribution >= 4 is 28.8 Å². The minimum atomic E-state index is -1.39. The fraction of sp³-hybridized carbons (Fsp3) is 0.0800. The quantitative estimate of drug-likeness (QED) is 0.175. The Bertz CT molecular complexity index is 1550. The Balaban J connectivity index is 1.98. The molecular formula is C25H19N5O5. The lowest BCUT2D eigenvalue weighted by molar-refractivity contribution is -0.145. The van der Waals surface area contributed by atoms with Crippen molar-refractivity contribution in [1.82, 2.24) is 9.97 Å². The van der Waals surface area contributed by atoms with Crippen LogP contribution in [0.4, 0.5) is 0 Å². The molecule has 1 aromatic heterocycles. The molecule has 4 aromatic rings. The normalized spacial score (nSPS) is 11.6. The van der Waals surface area contributed by atoms with Gasteiger partial charge in [0.15, 0.2) is 0 Å². The van der Waals surface area contributed by atoms with Crippen LogP contribution in [0.15, 0.2) is 54.6 Å². The maximum Gasteiger partial charge on any atom is 0.311 e. The molecule has 7 N–H and O–H groups in total. The summed E-state index contributed by atoms with van der Waals surface area (Å²) in [6.45, 7) is 0. The Morgan fingerprint density at radius 2 is 1.86 bits per heavy atom. The Kier molecular flexibility index (Phi) is 5.91. The zero-order valence-corrected chi connectivity index (χ0v) is 18.1. The van der Waals surface area contributed by atoms with Gasteiger partial charge in [-0.25, -0.2) is 4.98 Å². The highest BCUT2D eigenvalue weighted by atomic mass is 16.4. The van der Waals surface area contributed by atoms with Crippen LogP contribution in [-0.2, 0) is 9.59 Å². The summed E-state index contributed by atoms with van der Waals surface area (Å²) in [5.41, 5.74) is 8.36. The number of imidazole rings is 1. The van der Waals surface area contributed by atoms with E-state index in [-0.39, 0.29) is 34.1 Å². The highest BCUT2D eigenvalue weighted by Gasteiger charge is 2.27. The number of aromatic hydroxyl groups is 1. The lowest BCUT2D eigenvalue weighted by atomic mass is 9.89. The van der Waals surface area contributed by atoms with Crippen LogP contribution in [0.1, 0.15) is 29.0 Å². The molecule has 0 saturated carbocycles. The van der Waals surface area contributed by atoms with Crippen LogP contribution in [0.2, 0.25) is 0 Å². The number of rotatable bonds is 7. The number of phenols is 1. The molecule has 174 valence electrons. The average molecular weight is 469 g/mol. The SMILES string of the molecule is N#Cc1cccc(-c2cc(C(CC(=O)O)C(=O)O)cc(-c3nc4ccc(C(=N)N)cc4[nH]3)c2O)c1. The number of fused-ring (bicyclic) bond motifs is 1. The van der Waals surface area contributed by atoms with Gasteiger partial charge in [0.25, 0.3) is 0 Å². The van der Waals surface area contributed by atoms with E-state index in [4.69, 9.17) is 11.1 Å². The van der Waals surface area contributed by atoms with E-state index in [9.17, 15) is 30.2 Å². The maximum atomic E-state index is 11.9. The second-order valence-electron chi connectivity index (χ2n) is 7.88. The predicted octanol–water partition coefficient (Wildman–Crippen LogP) is 3.40. The van der Waals surface area contributed by atoms with Crippen molar-refractivity contribution in [3.8, 4) is 34.3 Å². The second kappa shape index (κ2) is 8.99. The molecule has 1 unspecified atom stereocenters. The molecule has 0 radical (unpaired) electrons. The molecule has 10 nitrogen and oxygen atoms in total. The number of aliphatic carboxylic acids is 2. The largest absolute Gasteiger partial charge is 0.507 e. The molecule has 0 aliphatic rings. The average Bonchev–Trinajstić information content (AvgIpc) is 3.25. The standard InChI is InChI=1S/C25H19N5O5/c26-11-12-2-1-3-13(6-12)16-7-15(17(25(34)35)10-21(31)32)8-18(22(16)33)24-29-19-5-4-14(23(27)28)9-20(19)30-24/h1-9,17,33H,10H2,(H3,27,28)(H,29,30)(H,31,32)(H,34,35). The number of amidine groups is 1.